The normalized spacial score (nSPS) is 16.6. The van der Waals surface area contributed by atoms with Gasteiger partial charge in [0.1, 0.15) is 5.75 Å². The van der Waals surface area contributed by atoms with Crippen LogP contribution in [-0.4, -0.2) is 88.9 Å². The average molecular weight is 533 g/mol. The quantitative estimate of drug-likeness (QED) is 0.198. The molecule has 1 aliphatic heterocycles. The van der Waals surface area contributed by atoms with E-state index in [0.717, 1.165) is 69.6 Å². The Morgan fingerprint density at radius 1 is 1.20 bits per heavy atom. The Morgan fingerprint density at radius 2 is 1.97 bits per heavy atom. The highest BCUT2D eigenvalue weighted by molar-refractivity contribution is 14.0. The Balaban J connectivity index is 0.00000450. The number of likely N-dealkylation sites (N-methyl/N-ethyl adjacent to an activating group) is 1. The van der Waals surface area contributed by atoms with Gasteiger partial charge >= 0.3 is 0 Å². The molecule has 0 aromatic heterocycles. The third-order valence-corrected chi connectivity index (χ3v) is 4.93. The molecule has 1 saturated heterocycles. The summed E-state index contributed by atoms with van der Waals surface area (Å²) in [6.07, 6.45) is 0.878. The lowest BCUT2D eigenvalue weighted by Crippen LogP contribution is -2.46. The van der Waals surface area contributed by atoms with E-state index in [1.165, 1.54) is 0 Å². The van der Waals surface area contributed by atoms with E-state index in [9.17, 15) is 0 Å². The summed E-state index contributed by atoms with van der Waals surface area (Å²) >= 11 is 0. The first kappa shape index (κ1) is 26.9. The molecule has 1 fully saturated rings. The number of piperazine rings is 1. The number of methoxy groups -OCH3 is 1. The predicted octanol–water partition coefficient (Wildman–Crippen LogP) is 2.98. The van der Waals surface area contributed by atoms with Crippen molar-refractivity contribution >= 4 is 35.6 Å². The fourth-order valence-corrected chi connectivity index (χ4v) is 3.28. The van der Waals surface area contributed by atoms with Crippen LogP contribution in [0.15, 0.2) is 29.3 Å². The molecule has 1 aliphatic rings. The third-order valence-electron chi connectivity index (χ3n) is 4.93. The van der Waals surface area contributed by atoms with Crippen molar-refractivity contribution in [2.75, 3.05) is 78.5 Å². The van der Waals surface area contributed by atoms with Gasteiger partial charge in [0.05, 0.1) is 6.61 Å². The van der Waals surface area contributed by atoms with Crippen molar-refractivity contribution in [3.8, 4) is 5.75 Å². The number of hydrogen-bond acceptors (Lipinski definition) is 5. The van der Waals surface area contributed by atoms with Gasteiger partial charge in [-0.25, -0.2) is 0 Å². The minimum absolute atomic E-state index is 0. The molecule has 1 heterocycles. The minimum atomic E-state index is 0. The summed E-state index contributed by atoms with van der Waals surface area (Å²) < 4.78 is 10.9. The topological polar surface area (TPSA) is 61.4 Å². The molecule has 1 aromatic rings. The van der Waals surface area contributed by atoms with Crippen molar-refractivity contribution in [2.45, 2.75) is 20.3 Å². The number of nitrogens with one attached hydrogen (secondary N) is 2. The van der Waals surface area contributed by atoms with Crippen LogP contribution in [0.3, 0.4) is 0 Å². The predicted molar refractivity (Wildman–Crippen MR) is 137 cm³/mol. The molecule has 0 spiro atoms. The van der Waals surface area contributed by atoms with Gasteiger partial charge < -0.3 is 29.9 Å². The van der Waals surface area contributed by atoms with Crippen LogP contribution in [0.2, 0.25) is 0 Å². The summed E-state index contributed by atoms with van der Waals surface area (Å²) in [6.45, 7) is 13.1. The molecular formula is C22H40IN5O2. The van der Waals surface area contributed by atoms with E-state index in [1.54, 1.807) is 7.11 Å². The van der Waals surface area contributed by atoms with Gasteiger partial charge in [-0.3, -0.25) is 4.99 Å². The molecule has 1 unspecified atom stereocenters. The number of rotatable bonds is 11. The second-order valence-corrected chi connectivity index (χ2v) is 7.78. The van der Waals surface area contributed by atoms with Crippen LogP contribution in [-0.2, 0) is 4.74 Å². The zero-order valence-corrected chi connectivity index (χ0v) is 21.4. The van der Waals surface area contributed by atoms with Gasteiger partial charge in [-0.2, -0.15) is 0 Å². The highest BCUT2D eigenvalue weighted by atomic mass is 127. The largest absolute Gasteiger partial charge is 0.493 e. The van der Waals surface area contributed by atoms with E-state index < -0.39 is 0 Å². The molecule has 0 amide bonds. The van der Waals surface area contributed by atoms with Crippen LogP contribution in [0.5, 0.6) is 5.75 Å². The SMILES string of the molecule is CCNC(=NCC(C)CN1CCN(C)CC1)Nc1cccc(OCCCOC)c1.I. The first-order valence-electron chi connectivity index (χ1n) is 10.8. The number of anilines is 1. The van der Waals surface area contributed by atoms with Gasteiger partial charge in [-0.1, -0.05) is 13.0 Å². The monoisotopic (exact) mass is 533 g/mol. The number of ether oxygens (including phenoxy) is 2. The Kier molecular flexibility index (Phi) is 14.1. The maximum atomic E-state index is 5.79. The van der Waals surface area contributed by atoms with Crippen molar-refractivity contribution in [1.82, 2.24) is 15.1 Å². The van der Waals surface area contributed by atoms with Crippen LogP contribution in [0, 0.1) is 5.92 Å². The van der Waals surface area contributed by atoms with Gasteiger partial charge in [-0.15, -0.1) is 24.0 Å². The summed E-state index contributed by atoms with van der Waals surface area (Å²) in [4.78, 5) is 9.74. The second kappa shape index (κ2) is 15.7. The fourth-order valence-electron chi connectivity index (χ4n) is 3.28. The first-order valence-corrected chi connectivity index (χ1v) is 10.8. The van der Waals surface area contributed by atoms with Crippen molar-refractivity contribution < 1.29 is 9.47 Å². The van der Waals surface area contributed by atoms with Gasteiger partial charge in [-0.05, 0) is 32.0 Å². The smallest absolute Gasteiger partial charge is 0.195 e. The minimum Gasteiger partial charge on any atom is -0.493 e. The number of nitrogens with zero attached hydrogens (tertiary/aromatic N) is 3. The zero-order chi connectivity index (χ0) is 20.9. The fraction of sp³-hybridized carbons (Fsp3) is 0.682. The van der Waals surface area contributed by atoms with E-state index in [-0.39, 0.29) is 24.0 Å². The highest BCUT2D eigenvalue weighted by Crippen LogP contribution is 2.17. The Hall–Kier alpha value is -1.10. The number of halogens is 1. The van der Waals surface area contributed by atoms with Crippen LogP contribution >= 0.6 is 24.0 Å². The van der Waals surface area contributed by atoms with Gasteiger partial charge in [0.15, 0.2) is 5.96 Å². The molecule has 2 N–H and O–H groups in total. The number of benzene rings is 1. The van der Waals surface area contributed by atoms with Crippen molar-refractivity contribution in [3.63, 3.8) is 0 Å². The lowest BCUT2D eigenvalue weighted by Gasteiger charge is -2.33. The maximum Gasteiger partial charge on any atom is 0.195 e. The van der Waals surface area contributed by atoms with Crippen LogP contribution in [0.25, 0.3) is 0 Å². The van der Waals surface area contributed by atoms with E-state index in [0.29, 0.717) is 19.1 Å². The average Bonchev–Trinajstić information content (AvgIpc) is 2.72. The zero-order valence-electron chi connectivity index (χ0n) is 19.0. The molecule has 30 heavy (non-hydrogen) atoms. The van der Waals surface area contributed by atoms with Gasteiger partial charge in [0, 0.05) is 77.7 Å². The Bertz CT molecular complexity index is 609. The molecule has 8 heteroatoms. The van der Waals surface area contributed by atoms with Crippen LogP contribution in [0.1, 0.15) is 20.3 Å². The first-order chi connectivity index (χ1) is 14.1. The van der Waals surface area contributed by atoms with Crippen molar-refractivity contribution in [2.24, 2.45) is 10.9 Å². The molecule has 1 aromatic carbocycles. The summed E-state index contributed by atoms with van der Waals surface area (Å²) in [5.41, 5.74) is 0.973. The molecule has 0 saturated carbocycles. The summed E-state index contributed by atoms with van der Waals surface area (Å²) in [5, 5.41) is 6.74. The maximum absolute atomic E-state index is 5.79. The van der Waals surface area contributed by atoms with Crippen LogP contribution in [0.4, 0.5) is 5.69 Å². The molecule has 7 nitrogen and oxygen atoms in total. The van der Waals surface area contributed by atoms with E-state index in [1.807, 2.05) is 24.3 Å². The summed E-state index contributed by atoms with van der Waals surface area (Å²) in [6, 6.07) is 8.00. The lowest BCUT2D eigenvalue weighted by atomic mass is 10.1. The lowest BCUT2D eigenvalue weighted by molar-refractivity contribution is 0.140. The Morgan fingerprint density at radius 3 is 2.67 bits per heavy atom. The molecule has 0 bridgehead atoms. The number of aliphatic imine (C=N–C) groups is 1. The van der Waals surface area contributed by atoms with Crippen molar-refractivity contribution in [1.29, 1.82) is 0 Å². The molecule has 0 radical (unpaired) electrons. The summed E-state index contributed by atoms with van der Waals surface area (Å²) in [5.74, 6) is 2.18. The van der Waals surface area contributed by atoms with E-state index in [2.05, 4.69) is 41.3 Å². The molecular weight excluding hydrogens is 493 g/mol. The summed E-state index contributed by atoms with van der Waals surface area (Å²) in [7, 11) is 3.90. The van der Waals surface area contributed by atoms with Crippen molar-refractivity contribution in [3.05, 3.63) is 24.3 Å². The second-order valence-electron chi connectivity index (χ2n) is 7.78. The molecule has 2 rings (SSSR count). The third kappa shape index (κ3) is 10.8. The molecule has 172 valence electrons. The van der Waals surface area contributed by atoms with Gasteiger partial charge in [0.2, 0.25) is 0 Å². The van der Waals surface area contributed by atoms with E-state index in [4.69, 9.17) is 14.5 Å². The van der Waals surface area contributed by atoms with Crippen LogP contribution < -0.4 is 15.4 Å². The van der Waals surface area contributed by atoms with Gasteiger partial charge in [0.25, 0.3) is 0 Å². The Labute approximate surface area is 199 Å². The standard InChI is InChI=1S/C22H39N5O2.HI/c1-5-23-22(24-17-19(2)18-27-12-10-26(3)11-13-27)25-20-8-6-9-21(16-20)29-15-7-14-28-4;/h6,8-9,16,19H,5,7,10-15,17-18H2,1-4H3,(H2,23,24,25);1H. The van der Waals surface area contributed by atoms with E-state index >= 15 is 0 Å². The highest BCUT2D eigenvalue weighted by Gasteiger charge is 2.16. The number of hydrogen-bond donors (Lipinski definition) is 2. The molecule has 0 aliphatic carbocycles. The number of guanidine groups is 1. The molecule has 1 atom stereocenters.